The average Bonchev–Trinajstić information content (AvgIpc) is 2.46. The average molecular weight is 275 g/mol. The highest BCUT2D eigenvalue weighted by Gasteiger charge is 2.25. The van der Waals surface area contributed by atoms with Gasteiger partial charge in [0.15, 0.2) is 0 Å². The minimum Gasteiger partial charge on any atom is -0.497 e. The molecule has 4 heteroatoms. The van der Waals surface area contributed by atoms with Crippen LogP contribution in [0.3, 0.4) is 0 Å². The molecule has 0 N–H and O–H groups in total. The van der Waals surface area contributed by atoms with Gasteiger partial charge in [-0.05, 0) is 43.4 Å². The maximum Gasteiger partial charge on any atom is 0.323 e. The Hall–Kier alpha value is -2.02. The summed E-state index contributed by atoms with van der Waals surface area (Å²) in [5, 5.41) is 9.09. The van der Waals surface area contributed by atoms with Gasteiger partial charge in [-0.25, -0.2) is 0 Å². The Morgan fingerprint density at radius 2 is 2.00 bits per heavy atom. The number of benzene rings is 1. The first kappa shape index (κ1) is 16.0. The Bertz CT molecular complexity index is 462. The summed E-state index contributed by atoms with van der Waals surface area (Å²) in [5.41, 5.74) is 1.16. The molecule has 1 aromatic carbocycles. The van der Waals surface area contributed by atoms with Gasteiger partial charge in [0.05, 0.1) is 19.8 Å². The molecule has 4 nitrogen and oxygen atoms in total. The van der Waals surface area contributed by atoms with Crippen LogP contribution in [0.15, 0.2) is 24.3 Å². The Balaban J connectivity index is 2.54. The van der Waals surface area contributed by atoms with E-state index < -0.39 is 11.9 Å². The van der Waals surface area contributed by atoms with Crippen molar-refractivity contribution in [3.05, 3.63) is 29.8 Å². The van der Waals surface area contributed by atoms with Crippen LogP contribution in [-0.4, -0.2) is 19.7 Å². The molecule has 0 aliphatic rings. The largest absolute Gasteiger partial charge is 0.497 e. The van der Waals surface area contributed by atoms with Crippen molar-refractivity contribution in [2.24, 2.45) is 11.8 Å². The van der Waals surface area contributed by atoms with Crippen LogP contribution >= 0.6 is 0 Å². The van der Waals surface area contributed by atoms with E-state index in [-0.39, 0.29) is 5.92 Å². The number of hydrogen-bond acceptors (Lipinski definition) is 4. The van der Waals surface area contributed by atoms with Gasteiger partial charge < -0.3 is 9.47 Å². The van der Waals surface area contributed by atoms with E-state index in [4.69, 9.17) is 14.7 Å². The molecule has 20 heavy (non-hydrogen) atoms. The van der Waals surface area contributed by atoms with E-state index in [2.05, 4.69) is 0 Å². The maximum atomic E-state index is 11.6. The number of rotatable bonds is 7. The molecule has 1 rings (SSSR count). The fourth-order valence-corrected chi connectivity index (χ4v) is 2.00. The summed E-state index contributed by atoms with van der Waals surface area (Å²) < 4.78 is 10.0. The van der Waals surface area contributed by atoms with Crippen LogP contribution < -0.4 is 4.74 Å². The van der Waals surface area contributed by atoms with Gasteiger partial charge in [0, 0.05) is 0 Å². The number of nitriles is 1. The van der Waals surface area contributed by atoms with E-state index in [1.165, 1.54) is 0 Å². The molecule has 0 radical (unpaired) electrons. The van der Waals surface area contributed by atoms with Gasteiger partial charge in [0.1, 0.15) is 11.7 Å². The van der Waals surface area contributed by atoms with Gasteiger partial charge in [0.25, 0.3) is 0 Å². The Morgan fingerprint density at radius 1 is 1.35 bits per heavy atom. The molecule has 2 atom stereocenters. The number of esters is 1. The summed E-state index contributed by atoms with van der Waals surface area (Å²) in [7, 11) is 1.63. The van der Waals surface area contributed by atoms with Crippen LogP contribution in [0.5, 0.6) is 5.75 Å². The lowest BCUT2D eigenvalue weighted by Crippen LogP contribution is -2.23. The number of carbonyl (C=O) groups is 1. The number of methoxy groups -OCH3 is 1. The van der Waals surface area contributed by atoms with E-state index in [1.807, 2.05) is 37.3 Å². The molecule has 0 bridgehead atoms. The van der Waals surface area contributed by atoms with E-state index in [0.29, 0.717) is 6.61 Å². The van der Waals surface area contributed by atoms with Crippen LogP contribution in [0.25, 0.3) is 0 Å². The lowest BCUT2D eigenvalue weighted by Gasteiger charge is -2.16. The zero-order chi connectivity index (χ0) is 15.0. The van der Waals surface area contributed by atoms with E-state index in [1.54, 1.807) is 14.0 Å². The Morgan fingerprint density at radius 3 is 2.50 bits per heavy atom. The standard InChI is InChI=1S/C16H21NO3/c1-4-20-16(18)15(11-17)12(2)5-6-13-7-9-14(19-3)10-8-13/h7-10,12,15H,4-6H2,1-3H3. The second kappa shape index (κ2) is 8.21. The Labute approximate surface area is 120 Å². The number of aryl methyl sites for hydroxylation is 1. The highest BCUT2D eigenvalue weighted by molar-refractivity contribution is 5.75. The lowest BCUT2D eigenvalue weighted by molar-refractivity contribution is -0.147. The molecule has 0 fully saturated rings. The van der Waals surface area contributed by atoms with Crippen molar-refractivity contribution in [1.29, 1.82) is 5.26 Å². The molecule has 0 aliphatic heterocycles. The smallest absolute Gasteiger partial charge is 0.323 e. The van der Waals surface area contributed by atoms with Crippen molar-refractivity contribution < 1.29 is 14.3 Å². The minimum atomic E-state index is -0.687. The van der Waals surface area contributed by atoms with Gasteiger partial charge in [-0.3, -0.25) is 4.79 Å². The molecule has 0 saturated carbocycles. The summed E-state index contributed by atoms with van der Waals surface area (Å²) in [4.78, 5) is 11.6. The van der Waals surface area contributed by atoms with E-state index in [0.717, 1.165) is 24.2 Å². The summed E-state index contributed by atoms with van der Waals surface area (Å²) in [6, 6.07) is 9.86. The third-order valence-corrected chi connectivity index (χ3v) is 3.30. The highest BCUT2D eigenvalue weighted by atomic mass is 16.5. The van der Waals surface area contributed by atoms with Crippen LogP contribution in [0.1, 0.15) is 25.8 Å². The molecule has 0 aliphatic carbocycles. The van der Waals surface area contributed by atoms with Crippen LogP contribution in [0, 0.1) is 23.2 Å². The van der Waals surface area contributed by atoms with Crippen LogP contribution in [0.4, 0.5) is 0 Å². The van der Waals surface area contributed by atoms with Crippen LogP contribution in [0.2, 0.25) is 0 Å². The predicted molar refractivity (Wildman–Crippen MR) is 76.2 cm³/mol. The third kappa shape index (κ3) is 4.58. The topological polar surface area (TPSA) is 59.3 Å². The van der Waals surface area contributed by atoms with Crippen LogP contribution in [-0.2, 0) is 16.0 Å². The molecule has 0 aromatic heterocycles. The summed E-state index contributed by atoms with van der Waals surface area (Å²) >= 11 is 0. The van der Waals surface area contributed by atoms with Crippen molar-refractivity contribution in [1.82, 2.24) is 0 Å². The lowest BCUT2D eigenvalue weighted by atomic mass is 9.89. The maximum absolute atomic E-state index is 11.6. The zero-order valence-corrected chi connectivity index (χ0v) is 12.3. The van der Waals surface area contributed by atoms with Crippen molar-refractivity contribution in [3.63, 3.8) is 0 Å². The molecule has 1 aromatic rings. The van der Waals surface area contributed by atoms with Gasteiger partial charge in [-0.2, -0.15) is 5.26 Å². The predicted octanol–water partition coefficient (Wildman–Crippen LogP) is 2.97. The first-order chi connectivity index (χ1) is 9.62. The Kier molecular flexibility index (Phi) is 6.58. The van der Waals surface area contributed by atoms with Crippen molar-refractivity contribution in [2.75, 3.05) is 13.7 Å². The number of carbonyl (C=O) groups excluding carboxylic acids is 1. The van der Waals surface area contributed by atoms with E-state index >= 15 is 0 Å². The summed E-state index contributed by atoms with van der Waals surface area (Å²) in [6.45, 7) is 3.96. The molecule has 0 heterocycles. The van der Waals surface area contributed by atoms with Crippen molar-refractivity contribution in [2.45, 2.75) is 26.7 Å². The molecule has 0 amide bonds. The zero-order valence-electron chi connectivity index (χ0n) is 12.3. The summed E-state index contributed by atoms with van der Waals surface area (Å²) in [6.07, 6.45) is 1.59. The van der Waals surface area contributed by atoms with Gasteiger partial charge in [-0.15, -0.1) is 0 Å². The molecule has 0 saturated heterocycles. The van der Waals surface area contributed by atoms with Gasteiger partial charge >= 0.3 is 5.97 Å². The monoisotopic (exact) mass is 275 g/mol. The normalized spacial score (nSPS) is 13.1. The number of nitrogens with zero attached hydrogens (tertiary/aromatic N) is 1. The van der Waals surface area contributed by atoms with Crippen molar-refractivity contribution >= 4 is 5.97 Å². The van der Waals surface area contributed by atoms with Gasteiger partial charge in [0.2, 0.25) is 0 Å². The third-order valence-electron chi connectivity index (χ3n) is 3.30. The molecular weight excluding hydrogens is 254 g/mol. The fraction of sp³-hybridized carbons (Fsp3) is 0.500. The SMILES string of the molecule is CCOC(=O)C(C#N)C(C)CCc1ccc(OC)cc1. The van der Waals surface area contributed by atoms with E-state index in [9.17, 15) is 4.79 Å². The minimum absolute atomic E-state index is 0.0267. The molecule has 2 unspecified atom stereocenters. The first-order valence-electron chi connectivity index (χ1n) is 6.81. The molecule has 108 valence electrons. The second-order valence-electron chi connectivity index (χ2n) is 4.72. The highest BCUT2D eigenvalue weighted by Crippen LogP contribution is 2.20. The second-order valence-corrected chi connectivity index (χ2v) is 4.72. The number of ether oxygens (including phenoxy) is 2. The first-order valence-corrected chi connectivity index (χ1v) is 6.81. The molecular formula is C16H21NO3. The quantitative estimate of drug-likeness (QED) is 0.718. The number of hydrogen-bond donors (Lipinski definition) is 0. The van der Waals surface area contributed by atoms with Crippen molar-refractivity contribution in [3.8, 4) is 11.8 Å². The summed E-state index contributed by atoms with van der Waals surface area (Å²) in [5.74, 6) is -0.310. The fourth-order valence-electron chi connectivity index (χ4n) is 2.00. The van der Waals surface area contributed by atoms with Gasteiger partial charge in [-0.1, -0.05) is 19.1 Å². The molecule has 0 spiro atoms.